The Balaban J connectivity index is 3.28. The molecule has 1 amide bonds. The number of nitrogens with zero attached hydrogens (tertiary/aromatic N) is 1. The summed E-state index contributed by atoms with van der Waals surface area (Å²) in [6.07, 6.45) is 0. The molecule has 0 heterocycles. The van der Waals surface area contributed by atoms with Crippen LogP contribution in [0.1, 0.15) is 17.3 Å². The minimum absolute atomic E-state index is 0.0592. The van der Waals surface area contributed by atoms with Crippen molar-refractivity contribution in [2.24, 2.45) is 0 Å². The third kappa shape index (κ3) is 3.34. The summed E-state index contributed by atoms with van der Waals surface area (Å²) in [7, 11) is -2.64. The molecule has 0 spiro atoms. The van der Waals surface area contributed by atoms with E-state index in [1.54, 1.807) is 6.92 Å². The minimum Gasteiger partial charge on any atom is -0.478 e. The van der Waals surface area contributed by atoms with Gasteiger partial charge in [0.05, 0.1) is 17.0 Å². The van der Waals surface area contributed by atoms with Gasteiger partial charge in [-0.1, -0.05) is 19.1 Å². The molecule has 20 heavy (non-hydrogen) atoms. The van der Waals surface area contributed by atoms with E-state index in [1.807, 2.05) is 0 Å². The number of hydrogen-bond donors (Lipinski definition) is 2. The summed E-state index contributed by atoms with van der Waals surface area (Å²) in [5.74, 6) is -1.80. The Kier molecular flexibility index (Phi) is 5.23. The van der Waals surface area contributed by atoms with E-state index in [-0.39, 0.29) is 23.5 Å². The van der Waals surface area contributed by atoms with Gasteiger partial charge < -0.3 is 10.4 Å². The first-order valence-electron chi connectivity index (χ1n) is 5.87. The van der Waals surface area contributed by atoms with Crippen LogP contribution in [0.15, 0.2) is 29.2 Å². The number of carboxylic acid groups (broad SMARTS) is 1. The molecule has 2 N–H and O–H groups in total. The fourth-order valence-corrected chi connectivity index (χ4v) is 3.20. The van der Waals surface area contributed by atoms with Crippen molar-refractivity contribution in [3.63, 3.8) is 0 Å². The van der Waals surface area contributed by atoms with Crippen LogP contribution in [0.25, 0.3) is 0 Å². The van der Waals surface area contributed by atoms with Crippen LogP contribution in [0, 0.1) is 0 Å². The van der Waals surface area contributed by atoms with Crippen LogP contribution in [0.5, 0.6) is 0 Å². The van der Waals surface area contributed by atoms with Crippen molar-refractivity contribution >= 4 is 21.9 Å². The molecule has 0 radical (unpaired) electrons. The molecule has 0 unspecified atom stereocenters. The van der Waals surface area contributed by atoms with Crippen LogP contribution >= 0.6 is 0 Å². The van der Waals surface area contributed by atoms with Gasteiger partial charge in [-0.25, -0.2) is 13.2 Å². The Bertz CT molecular complexity index is 612. The summed E-state index contributed by atoms with van der Waals surface area (Å²) in [5, 5.41) is 11.4. The molecule has 0 saturated heterocycles. The molecule has 1 rings (SSSR count). The average Bonchev–Trinajstić information content (AvgIpc) is 2.44. The molecule has 7 nitrogen and oxygen atoms in total. The lowest BCUT2D eigenvalue weighted by atomic mass is 10.2. The van der Waals surface area contributed by atoms with Crippen molar-refractivity contribution in [2.45, 2.75) is 11.8 Å². The molecule has 0 atom stereocenters. The molecule has 8 heteroatoms. The number of benzene rings is 1. The van der Waals surface area contributed by atoms with Gasteiger partial charge in [0.2, 0.25) is 15.9 Å². The fourth-order valence-electron chi connectivity index (χ4n) is 1.61. The Morgan fingerprint density at radius 3 is 2.40 bits per heavy atom. The second-order valence-electron chi connectivity index (χ2n) is 3.91. The van der Waals surface area contributed by atoms with E-state index in [9.17, 15) is 18.0 Å². The molecule has 0 aliphatic carbocycles. The number of carbonyl (C=O) groups is 2. The maximum Gasteiger partial charge on any atom is 0.337 e. The van der Waals surface area contributed by atoms with Gasteiger partial charge in [-0.05, 0) is 12.1 Å². The maximum absolute atomic E-state index is 12.4. The summed E-state index contributed by atoms with van der Waals surface area (Å²) in [5.41, 5.74) is -0.317. The number of rotatable bonds is 6. The van der Waals surface area contributed by atoms with Gasteiger partial charge in [-0.15, -0.1) is 0 Å². The average molecular weight is 300 g/mol. The van der Waals surface area contributed by atoms with Crippen LogP contribution in [0.3, 0.4) is 0 Å². The molecule has 0 aliphatic rings. The second-order valence-corrected chi connectivity index (χ2v) is 5.81. The number of carboxylic acids is 1. The minimum atomic E-state index is -4.04. The predicted molar refractivity (Wildman–Crippen MR) is 71.9 cm³/mol. The number of carbonyl (C=O) groups excluding carboxylic acids is 1. The van der Waals surface area contributed by atoms with Crippen molar-refractivity contribution in [1.29, 1.82) is 0 Å². The summed E-state index contributed by atoms with van der Waals surface area (Å²) >= 11 is 0. The topological polar surface area (TPSA) is 104 Å². The highest BCUT2D eigenvalue weighted by Crippen LogP contribution is 2.20. The Labute approximate surface area is 117 Å². The molecule has 0 saturated carbocycles. The number of aromatic carboxylic acids is 1. The van der Waals surface area contributed by atoms with Crippen molar-refractivity contribution in [3.05, 3.63) is 29.8 Å². The van der Waals surface area contributed by atoms with Crippen LogP contribution in [0.2, 0.25) is 0 Å². The zero-order valence-electron chi connectivity index (χ0n) is 11.2. The number of amides is 1. The lowest BCUT2D eigenvalue weighted by molar-refractivity contribution is -0.120. The Hall–Kier alpha value is -1.93. The predicted octanol–water partition coefficient (Wildman–Crippen LogP) is 0.141. The molecular weight excluding hydrogens is 284 g/mol. The van der Waals surface area contributed by atoms with E-state index in [2.05, 4.69) is 5.32 Å². The van der Waals surface area contributed by atoms with E-state index in [0.717, 1.165) is 4.31 Å². The summed E-state index contributed by atoms with van der Waals surface area (Å²) in [4.78, 5) is 22.1. The summed E-state index contributed by atoms with van der Waals surface area (Å²) in [6.45, 7) is 1.27. The third-order valence-corrected chi connectivity index (χ3v) is 4.67. The first kappa shape index (κ1) is 16.1. The quantitative estimate of drug-likeness (QED) is 0.778. The van der Waals surface area contributed by atoms with Gasteiger partial charge in [-0.2, -0.15) is 4.31 Å². The van der Waals surface area contributed by atoms with Crippen LogP contribution in [0.4, 0.5) is 0 Å². The van der Waals surface area contributed by atoms with Gasteiger partial charge in [-0.3, -0.25) is 4.79 Å². The van der Waals surface area contributed by atoms with Crippen molar-refractivity contribution in [1.82, 2.24) is 9.62 Å². The fraction of sp³-hybridized carbons (Fsp3) is 0.333. The number of likely N-dealkylation sites (N-methyl/N-ethyl adjacent to an activating group) is 2. The van der Waals surface area contributed by atoms with Gasteiger partial charge in [0.1, 0.15) is 0 Å². The van der Waals surface area contributed by atoms with Crippen molar-refractivity contribution in [2.75, 3.05) is 20.1 Å². The Morgan fingerprint density at radius 2 is 1.90 bits per heavy atom. The van der Waals surface area contributed by atoms with E-state index >= 15 is 0 Å². The van der Waals surface area contributed by atoms with E-state index in [1.165, 1.54) is 31.3 Å². The third-order valence-electron chi connectivity index (χ3n) is 2.69. The monoisotopic (exact) mass is 300 g/mol. The molecule has 0 fully saturated rings. The van der Waals surface area contributed by atoms with Crippen LogP contribution in [-0.2, 0) is 14.8 Å². The van der Waals surface area contributed by atoms with Gasteiger partial charge in [0, 0.05) is 13.6 Å². The molecule has 0 aromatic heterocycles. The molecule has 1 aromatic rings. The largest absolute Gasteiger partial charge is 0.478 e. The van der Waals surface area contributed by atoms with E-state index < -0.39 is 21.9 Å². The molecular formula is C12H16N2O5S. The molecule has 0 aliphatic heterocycles. The van der Waals surface area contributed by atoms with Gasteiger partial charge in [0.15, 0.2) is 0 Å². The lowest BCUT2D eigenvalue weighted by Crippen LogP contribution is -2.39. The summed E-state index contributed by atoms with van der Waals surface area (Å²) in [6, 6.07) is 5.30. The number of nitrogens with one attached hydrogen (secondary N) is 1. The first-order valence-corrected chi connectivity index (χ1v) is 7.31. The maximum atomic E-state index is 12.4. The van der Waals surface area contributed by atoms with E-state index in [0.29, 0.717) is 0 Å². The van der Waals surface area contributed by atoms with Gasteiger partial charge >= 0.3 is 5.97 Å². The van der Waals surface area contributed by atoms with Crippen LogP contribution < -0.4 is 5.32 Å². The van der Waals surface area contributed by atoms with E-state index in [4.69, 9.17) is 5.11 Å². The highest BCUT2D eigenvalue weighted by Gasteiger charge is 2.28. The highest BCUT2D eigenvalue weighted by molar-refractivity contribution is 7.89. The van der Waals surface area contributed by atoms with Gasteiger partial charge in [0.25, 0.3) is 0 Å². The Morgan fingerprint density at radius 1 is 1.30 bits per heavy atom. The zero-order valence-corrected chi connectivity index (χ0v) is 12.0. The first-order chi connectivity index (χ1) is 9.34. The smallest absolute Gasteiger partial charge is 0.337 e. The second kappa shape index (κ2) is 6.49. The normalized spacial score (nSPS) is 11.3. The zero-order chi connectivity index (χ0) is 15.3. The number of hydrogen-bond acceptors (Lipinski definition) is 4. The standard InChI is InChI=1S/C12H16N2O5S/c1-3-14(8-11(15)13-2)20(18,19)10-7-5-4-6-9(10)12(16)17/h4-7H,3,8H2,1-2H3,(H,13,15)(H,16,17). The molecule has 110 valence electrons. The molecule has 0 bridgehead atoms. The number of sulfonamides is 1. The van der Waals surface area contributed by atoms with Crippen LogP contribution in [-0.4, -0.2) is 49.8 Å². The summed E-state index contributed by atoms with van der Waals surface area (Å²) < 4.78 is 25.8. The van der Waals surface area contributed by atoms with Crippen molar-refractivity contribution < 1.29 is 23.1 Å². The molecule has 1 aromatic carbocycles. The van der Waals surface area contributed by atoms with Crippen molar-refractivity contribution in [3.8, 4) is 0 Å². The SMILES string of the molecule is CCN(CC(=O)NC)S(=O)(=O)c1ccccc1C(=O)O. The lowest BCUT2D eigenvalue weighted by Gasteiger charge is -2.20. The highest BCUT2D eigenvalue weighted by atomic mass is 32.2.